The molecule has 0 aliphatic heterocycles. The summed E-state index contributed by atoms with van der Waals surface area (Å²) in [7, 11) is 0. The van der Waals surface area contributed by atoms with Crippen molar-refractivity contribution in [1.29, 1.82) is 5.26 Å². The molecule has 0 spiro atoms. The van der Waals surface area contributed by atoms with Crippen molar-refractivity contribution in [2.45, 2.75) is 24.6 Å². The number of hydrogen-bond acceptors (Lipinski definition) is 3. The first-order valence-corrected chi connectivity index (χ1v) is 5.77. The van der Waals surface area contributed by atoms with Crippen LogP contribution in [0.25, 0.3) is 0 Å². The van der Waals surface area contributed by atoms with Crippen LogP contribution < -0.4 is 5.73 Å². The van der Waals surface area contributed by atoms with Crippen LogP contribution >= 0.6 is 0 Å². The second-order valence-electron chi connectivity index (χ2n) is 4.18. The topological polar surface area (TPSA) is 59.0 Å². The van der Waals surface area contributed by atoms with E-state index in [1.165, 1.54) is 0 Å². The van der Waals surface area contributed by atoms with E-state index in [2.05, 4.69) is 0 Å². The molecule has 3 nitrogen and oxygen atoms in total. The van der Waals surface area contributed by atoms with E-state index in [-0.39, 0.29) is 13.0 Å². The van der Waals surface area contributed by atoms with Crippen molar-refractivity contribution in [2.75, 3.05) is 13.2 Å². The predicted octanol–water partition coefficient (Wildman–Crippen LogP) is 2.72. The third kappa shape index (κ3) is 5.28. The standard InChI is InChI=1S/C13H15F3N2O/c14-13(15,16)7-9-19-8-6-12(18,10-17)11-4-2-1-3-5-11/h1-5H,6-9,18H2. The van der Waals surface area contributed by atoms with Gasteiger partial charge in [0.05, 0.1) is 19.1 Å². The largest absolute Gasteiger partial charge is 0.391 e. The molecule has 0 fully saturated rings. The Morgan fingerprint density at radius 2 is 1.68 bits per heavy atom. The van der Waals surface area contributed by atoms with Gasteiger partial charge >= 0.3 is 6.18 Å². The van der Waals surface area contributed by atoms with Crippen molar-refractivity contribution in [3.8, 4) is 6.07 Å². The number of rotatable bonds is 6. The average molecular weight is 272 g/mol. The minimum absolute atomic E-state index is 0.00896. The summed E-state index contributed by atoms with van der Waals surface area (Å²) in [4.78, 5) is 0. The monoisotopic (exact) mass is 272 g/mol. The van der Waals surface area contributed by atoms with Crippen molar-refractivity contribution < 1.29 is 17.9 Å². The fourth-order valence-corrected chi connectivity index (χ4v) is 1.52. The van der Waals surface area contributed by atoms with Crippen LogP contribution in [0.2, 0.25) is 0 Å². The summed E-state index contributed by atoms with van der Waals surface area (Å²) in [6.45, 7) is -0.408. The van der Waals surface area contributed by atoms with E-state index >= 15 is 0 Å². The van der Waals surface area contributed by atoms with Gasteiger partial charge in [0.1, 0.15) is 5.54 Å². The smallest absolute Gasteiger partial charge is 0.381 e. The zero-order valence-electron chi connectivity index (χ0n) is 10.3. The highest BCUT2D eigenvalue weighted by Crippen LogP contribution is 2.22. The summed E-state index contributed by atoms with van der Waals surface area (Å²) in [5.74, 6) is 0. The lowest BCUT2D eigenvalue weighted by molar-refractivity contribution is -0.145. The molecule has 0 aliphatic carbocycles. The van der Waals surface area contributed by atoms with Crippen LogP contribution in [0.1, 0.15) is 18.4 Å². The molecule has 1 atom stereocenters. The van der Waals surface area contributed by atoms with E-state index in [0.717, 1.165) is 0 Å². The van der Waals surface area contributed by atoms with E-state index in [4.69, 9.17) is 15.7 Å². The Morgan fingerprint density at radius 3 is 2.21 bits per heavy atom. The number of nitrogens with two attached hydrogens (primary N) is 1. The van der Waals surface area contributed by atoms with Crippen LogP contribution in [0.3, 0.4) is 0 Å². The molecule has 0 radical (unpaired) electrons. The molecule has 0 amide bonds. The van der Waals surface area contributed by atoms with Gasteiger partial charge in [-0.3, -0.25) is 0 Å². The number of halogens is 3. The van der Waals surface area contributed by atoms with Gasteiger partial charge in [-0.05, 0) is 5.56 Å². The summed E-state index contributed by atoms with van der Waals surface area (Å²) in [5.41, 5.74) is 5.31. The maximum atomic E-state index is 11.9. The zero-order chi connectivity index (χ0) is 14.4. The molecule has 0 aromatic heterocycles. The maximum Gasteiger partial charge on any atom is 0.391 e. The second-order valence-corrected chi connectivity index (χ2v) is 4.18. The van der Waals surface area contributed by atoms with Gasteiger partial charge in [0.25, 0.3) is 0 Å². The Kier molecular flexibility index (Phi) is 5.33. The van der Waals surface area contributed by atoms with Crippen molar-refractivity contribution in [1.82, 2.24) is 0 Å². The molecule has 0 bridgehead atoms. The van der Waals surface area contributed by atoms with Crippen LogP contribution in [-0.2, 0) is 10.3 Å². The average Bonchev–Trinajstić information content (AvgIpc) is 2.38. The summed E-state index contributed by atoms with van der Waals surface area (Å²) < 4.78 is 40.6. The lowest BCUT2D eigenvalue weighted by atomic mass is 9.89. The van der Waals surface area contributed by atoms with Gasteiger partial charge in [0, 0.05) is 13.0 Å². The van der Waals surface area contributed by atoms with E-state index in [1.54, 1.807) is 30.3 Å². The van der Waals surface area contributed by atoms with E-state index < -0.39 is 24.7 Å². The van der Waals surface area contributed by atoms with Gasteiger partial charge < -0.3 is 10.5 Å². The van der Waals surface area contributed by atoms with Crippen LogP contribution in [-0.4, -0.2) is 19.4 Å². The van der Waals surface area contributed by atoms with Gasteiger partial charge in [0.2, 0.25) is 0 Å². The SMILES string of the molecule is N#CC(N)(CCOCCC(F)(F)F)c1ccccc1. The normalized spacial score (nSPS) is 14.7. The van der Waals surface area contributed by atoms with Crippen LogP contribution in [0, 0.1) is 11.3 Å². The first kappa shape index (κ1) is 15.5. The van der Waals surface area contributed by atoms with E-state index in [1.807, 2.05) is 6.07 Å². The number of nitriles is 1. The first-order chi connectivity index (χ1) is 8.87. The first-order valence-electron chi connectivity index (χ1n) is 5.77. The summed E-state index contributed by atoms with van der Waals surface area (Å²) in [6.07, 6.45) is -5.08. The number of alkyl halides is 3. The lowest BCUT2D eigenvalue weighted by Crippen LogP contribution is -2.36. The van der Waals surface area contributed by atoms with Gasteiger partial charge in [-0.1, -0.05) is 30.3 Å². The summed E-state index contributed by atoms with van der Waals surface area (Å²) in [6, 6.07) is 10.7. The fourth-order valence-electron chi connectivity index (χ4n) is 1.52. The summed E-state index contributed by atoms with van der Waals surface area (Å²) >= 11 is 0. The minimum Gasteiger partial charge on any atom is -0.381 e. The highest BCUT2D eigenvalue weighted by Gasteiger charge is 2.28. The number of ether oxygens (including phenoxy) is 1. The highest BCUT2D eigenvalue weighted by atomic mass is 19.4. The molecule has 0 saturated heterocycles. The molecule has 19 heavy (non-hydrogen) atoms. The number of benzene rings is 1. The maximum absolute atomic E-state index is 11.9. The Hall–Kier alpha value is -1.58. The molecule has 104 valence electrons. The second kappa shape index (κ2) is 6.55. The van der Waals surface area contributed by atoms with Crippen LogP contribution in [0.15, 0.2) is 30.3 Å². The van der Waals surface area contributed by atoms with Crippen LogP contribution in [0.5, 0.6) is 0 Å². The minimum atomic E-state index is -4.23. The molecule has 0 saturated carbocycles. The Morgan fingerprint density at radius 1 is 1.11 bits per heavy atom. The third-order valence-electron chi connectivity index (χ3n) is 2.66. The predicted molar refractivity (Wildman–Crippen MR) is 64.0 cm³/mol. The lowest BCUT2D eigenvalue weighted by Gasteiger charge is -2.21. The number of nitrogens with zero attached hydrogens (tertiary/aromatic N) is 1. The van der Waals surface area contributed by atoms with Gasteiger partial charge in [0.15, 0.2) is 0 Å². The third-order valence-corrected chi connectivity index (χ3v) is 2.66. The fraction of sp³-hybridized carbons (Fsp3) is 0.462. The highest BCUT2D eigenvalue weighted by molar-refractivity contribution is 5.30. The van der Waals surface area contributed by atoms with Crippen LogP contribution in [0.4, 0.5) is 13.2 Å². The molecule has 1 unspecified atom stereocenters. The van der Waals surface area contributed by atoms with Crippen molar-refractivity contribution in [2.24, 2.45) is 5.73 Å². The molecule has 6 heteroatoms. The molecule has 2 N–H and O–H groups in total. The number of hydrogen-bond donors (Lipinski definition) is 1. The van der Waals surface area contributed by atoms with E-state index in [9.17, 15) is 13.2 Å². The van der Waals surface area contributed by atoms with E-state index in [0.29, 0.717) is 5.56 Å². The molecular formula is C13H15F3N2O. The molecule has 0 aliphatic rings. The summed E-state index contributed by atoms with van der Waals surface area (Å²) in [5, 5.41) is 9.11. The Balaban J connectivity index is 2.44. The van der Waals surface area contributed by atoms with Gasteiger partial charge in [-0.25, -0.2) is 0 Å². The Labute approximate surface area is 109 Å². The molecule has 1 rings (SSSR count). The molecule has 1 aromatic rings. The quantitative estimate of drug-likeness (QED) is 0.810. The zero-order valence-corrected chi connectivity index (χ0v) is 10.3. The van der Waals surface area contributed by atoms with Crippen molar-refractivity contribution >= 4 is 0 Å². The Bertz CT molecular complexity index is 428. The van der Waals surface area contributed by atoms with Gasteiger partial charge in [-0.15, -0.1) is 0 Å². The molecule has 1 aromatic carbocycles. The van der Waals surface area contributed by atoms with Crippen molar-refractivity contribution in [3.05, 3.63) is 35.9 Å². The molecular weight excluding hydrogens is 257 g/mol. The van der Waals surface area contributed by atoms with Gasteiger partial charge in [-0.2, -0.15) is 18.4 Å². The molecule has 0 heterocycles. The van der Waals surface area contributed by atoms with Crippen molar-refractivity contribution in [3.63, 3.8) is 0 Å².